The molecule has 6 nitrogen and oxygen atoms in total. The van der Waals surface area contributed by atoms with Gasteiger partial charge in [0.1, 0.15) is 12.2 Å². The lowest BCUT2D eigenvalue weighted by molar-refractivity contribution is -0.146. The molecule has 2 rings (SSSR count). The lowest BCUT2D eigenvalue weighted by Crippen LogP contribution is -2.47. The van der Waals surface area contributed by atoms with E-state index in [0.717, 1.165) is 37.7 Å². The molecule has 26 heavy (non-hydrogen) atoms. The monoisotopic (exact) mass is 364 g/mol. The molecule has 1 aliphatic carbocycles. The first-order valence-electron chi connectivity index (χ1n) is 9.74. The zero-order valence-electron chi connectivity index (χ0n) is 16.3. The summed E-state index contributed by atoms with van der Waals surface area (Å²) in [6.07, 6.45) is 7.33. The molecule has 1 fully saturated rings. The maximum absolute atomic E-state index is 12.9. The molecule has 1 aliphatic rings. The molecule has 146 valence electrons. The van der Waals surface area contributed by atoms with Crippen LogP contribution >= 0.6 is 0 Å². The summed E-state index contributed by atoms with van der Waals surface area (Å²) in [5.41, 5.74) is 0.857. The molecule has 0 bridgehead atoms. The van der Waals surface area contributed by atoms with E-state index in [-0.39, 0.29) is 5.91 Å². The van der Waals surface area contributed by atoms with Crippen molar-refractivity contribution in [2.24, 2.45) is 0 Å². The summed E-state index contributed by atoms with van der Waals surface area (Å²) in [5.74, 6) is 0.508. The first-order chi connectivity index (χ1) is 12.6. The molecular weight excluding hydrogens is 332 g/mol. The number of ether oxygens (including phenoxy) is 3. The Morgan fingerprint density at radius 3 is 2.62 bits per heavy atom. The van der Waals surface area contributed by atoms with Gasteiger partial charge in [0.05, 0.1) is 18.5 Å². The molecule has 1 heterocycles. The van der Waals surface area contributed by atoms with Crippen LogP contribution in [0.4, 0.5) is 5.69 Å². The fourth-order valence-corrected chi connectivity index (χ4v) is 3.23. The van der Waals surface area contributed by atoms with E-state index in [1.54, 1.807) is 6.20 Å². The number of nitrogens with zero attached hydrogens (tertiary/aromatic N) is 1. The molecule has 0 atom stereocenters. The summed E-state index contributed by atoms with van der Waals surface area (Å²) in [6, 6.07) is 1.89. The Bertz CT molecular complexity index is 571. The highest BCUT2D eigenvalue weighted by Crippen LogP contribution is 2.33. The van der Waals surface area contributed by atoms with Gasteiger partial charge in [-0.1, -0.05) is 26.2 Å². The molecule has 1 saturated carbocycles. The number of anilines is 1. The minimum absolute atomic E-state index is 0.0585. The van der Waals surface area contributed by atoms with Gasteiger partial charge in [-0.25, -0.2) is 4.98 Å². The number of nitrogens with one attached hydrogen (secondary N) is 1. The lowest BCUT2D eigenvalue weighted by Gasteiger charge is -2.35. The van der Waals surface area contributed by atoms with Crippen molar-refractivity contribution in [2.45, 2.75) is 64.9 Å². The van der Waals surface area contributed by atoms with Crippen LogP contribution in [0.15, 0.2) is 12.3 Å². The molecular formula is C20H32N2O4. The molecule has 0 unspecified atom stereocenters. The Kier molecular flexibility index (Phi) is 8.32. The van der Waals surface area contributed by atoms with Crippen LogP contribution in [0.25, 0.3) is 0 Å². The largest absolute Gasteiger partial charge is 0.475 e. The number of hydrogen-bond acceptors (Lipinski definition) is 5. The maximum Gasteiger partial charge on any atom is 0.256 e. The molecule has 0 aliphatic heterocycles. The summed E-state index contributed by atoms with van der Waals surface area (Å²) in [6.45, 7) is 8.20. The van der Waals surface area contributed by atoms with Crippen LogP contribution in [-0.2, 0) is 14.3 Å². The predicted octanol–water partition coefficient (Wildman–Crippen LogP) is 3.87. The number of carbonyl (C=O) groups excluding carboxylic acids is 1. The third-order valence-electron chi connectivity index (χ3n) is 4.62. The Hall–Kier alpha value is -1.66. The average molecular weight is 364 g/mol. The topological polar surface area (TPSA) is 69.7 Å². The summed E-state index contributed by atoms with van der Waals surface area (Å²) < 4.78 is 16.9. The number of amides is 1. The van der Waals surface area contributed by atoms with Crippen molar-refractivity contribution in [1.82, 2.24) is 4.98 Å². The highest BCUT2D eigenvalue weighted by Gasteiger charge is 2.40. The molecule has 1 aromatic rings. The van der Waals surface area contributed by atoms with Crippen molar-refractivity contribution in [3.63, 3.8) is 0 Å². The van der Waals surface area contributed by atoms with Crippen LogP contribution in [0.3, 0.4) is 0 Å². The van der Waals surface area contributed by atoms with Crippen molar-refractivity contribution in [2.75, 3.05) is 31.7 Å². The van der Waals surface area contributed by atoms with Crippen molar-refractivity contribution in [1.29, 1.82) is 0 Å². The molecule has 0 aromatic carbocycles. The first kappa shape index (κ1) is 20.6. The number of carbonyl (C=O) groups is 1. The maximum atomic E-state index is 12.9. The van der Waals surface area contributed by atoms with Gasteiger partial charge >= 0.3 is 0 Å². The van der Waals surface area contributed by atoms with Gasteiger partial charge in [0.25, 0.3) is 5.91 Å². The van der Waals surface area contributed by atoms with Crippen LogP contribution in [-0.4, -0.2) is 42.9 Å². The Labute approximate surface area is 156 Å². The van der Waals surface area contributed by atoms with Gasteiger partial charge in [-0.15, -0.1) is 0 Å². The second-order valence-electron chi connectivity index (χ2n) is 6.75. The first-order valence-corrected chi connectivity index (χ1v) is 9.74. The van der Waals surface area contributed by atoms with E-state index in [4.69, 9.17) is 14.2 Å². The lowest BCUT2D eigenvalue weighted by atomic mass is 9.83. The second-order valence-corrected chi connectivity index (χ2v) is 6.75. The van der Waals surface area contributed by atoms with E-state index >= 15 is 0 Å². The fraction of sp³-hybridized carbons (Fsp3) is 0.700. The molecule has 0 saturated heterocycles. The predicted molar refractivity (Wildman–Crippen MR) is 102 cm³/mol. The number of aromatic nitrogens is 1. The Balaban J connectivity index is 1.99. The van der Waals surface area contributed by atoms with E-state index in [1.165, 1.54) is 6.42 Å². The Morgan fingerprint density at radius 1 is 1.19 bits per heavy atom. The van der Waals surface area contributed by atoms with Crippen LogP contribution in [0.1, 0.15) is 57.9 Å². The van der Waals surface area contributed by atoms with Crippen molar-refractivity contribution in [3.8, 4) is 5.88 Å². The van der Waals surface area contributed by atoms with E-state index in [2.05, 4.69) is 17.2 Å². The van der Waals surface area contributed by atoms with Crippen LogP contribution < -0.4 is 10.1 Å². The Morgan fingerprint density at radius 2 is 1.96 bits per heavy atom. The SMILES string of the molecule is CCCOC1(C(=O)Nc2cnc(OCCOCC)c(C)c2)CCCCC1. The summed E-state index contributed by atoms with van der Waals surface area (Å²) in [4.78, 5) is 17.2. The van der Waals surface area contributed by atoms with Gasteiger partial charge in [-0.3, -0.25) is 4.79 Å². The number of hydrogen-bond donors (Lipinski definition) is 1. The molecule has 0 radical (unpaired) electrons. The minimum Gasteiger partial charge on any atom is -0.475 e. The number of pyridine rings is 1. The zero-order chi connectivity index (χ0) is 18.8. The molecule has 6 heteroatoms. The number of aryl methyl sites for hydroxylation is 1. The van der Waals surface area contributed by atoms with Gasteiger partial charge in [0.2, 0.25) is 5.88 Å². The van der Waals surface area contributed by atoms with Crippen molar-refractivity contribution < 1.29 is 19.0 Å². The molecule has 1 amide bonds. The normalized spacial score (nSPS) is 16.3. The molecule has 0 spiro atoms. The third kappa shape index (κ3) is 5.68. The van der Waals surface area contributed by atoms with Crippen molar-refractivity contribution in [3.05, 3.63) is 17.8 Å². The second kappa shape index (κ2) is 10.5. The summed E-state index contributed by atoms with van der Waals surface area (Å²) in [5, 5.41) is 3.00. The smallest absolute Gasteiger partial charge is 0.256 e. The molecule has 1 aromatic heterocycles. The summed E-state index contributed by atoms with van der Waals surface area (Å²) in [7, 11) is 0. The van der Waals surface area contributed by atoms with Crippen molar-refractivity contribution >= 4 is 11.6 Å². The van der Waals surface area contributed by atoms with E-state index in [0.29, 0.717) is 38.0 Å². The quantitative estimate of drug-likeness (QED) is 0.638. The highest BCUT2D eigenvalue weighted by atomic mass is 16.5. The number of rotatable bonds is 10. The minimum atomic E-state index is -0.700. The van der Waals surface area contributed by atoms with Gasteiger partial charge in [-0.05, 0) is 39.2 Å². The van der Waals surface area contributed by atoms with Gasteiger partial charge in [-0.2, -0.15) is 0 Å². The summed E-state index contributed by atoms with van der Waals surface area (Å²) >= 11 is 0. The zero-order valence-corrected chi connectivity index (χ0v) is 16.3. The standard InChI is InChI=1S/C20H32N2O4/c1-4-11-26-20(9-7-6-8-10-20)19(23)22-17-14-16(3)18(21-15-17)25-13-12-24-5-2/h14-15H,4-13H2,1-3H3,(H,22,23). The van der Waals surface area contributed by atoms with Gasteiger partial charge in [0.15, 0.2) is 0 Å². The fourth-order valence-electron chi connectivity index (χ4n) is 3.23. The third-order valence-corrected chi connectivity index (χ3v) is 4.62. The average Bonchev–Trinajstić information content (AvgIpc) is 2.65. The van der Waals surface area contributed by atoms with Gasteiger partial charge in [0, 0.05) is 18.8 Å². The highest BCUT2D eigenvalue weighted by molar-refractivity contribution is 5.97. The van der Waals surface area contributed by atoms with Crippen LogP contribution in [0.2, 0.25) is 0 Å². The molecule has 1 N–H and O–H groups in total. The van der Waals surface area contributed by atoms with E-state index in [9.17, 15) is 4.79 Å². The van der Waals surface area contributed by atoms with Crippen LogP contribution in [0.5, 0.6) is 5.88 Å². The van der Waals surface area contributed by atoms with Gasteiger partial charge < -0.3 is 19.5 Å². The van der Waals surface area contributed by atoms with Crippen LogP contribution in [0, 0.1) is 6.92 Å². The van der Waals surface area contributed by atoms with E-state index in [1.807, 2.05) is 19.9 Å². The van der Waals surface area contributed by atoms with E-state index < -0.39 is 5.60 Å².